The molecule has 0 amide bonds. The Labute approximate surface area is 97.3 Å². The van der Waals surface area contributed by atoms with Crippen LogP contribution in [-0.4, -0.2) is 17.5 Å². The zero-order valence-corrected chi connectivity index (χ0v) is 10.1. The lowest BCUT2D eigenvalue weighted by Crippen LogP contribution is -2.40. The fraction of sp³-hybridized carbons (Fsp3) is 0.571. The van der Waals surface area contributed by atoms with E-state index in [1.807, 2.05) is 12.1 Å². The molecule has 0 aliphatic carbocycles. The highest BCUT2D eigenvalue weighted by atomic mass is 19.1. The second-order valence-corrected chi connectivity index (χ2v) is 5.09. The van der Waals surface area contributed by atoms with E-state index < -0.39 is 0 Å². The Morgan fingerprint density at radius 2 is 1.88 bits per heavy atom. The van der Waals surface area contributed by atoms with Crippen molar-refractivity contribution in [1.82, 2.24) is 4.90 Å². The van der Waals surface area contributed by atoms with Crippen LogP contribution in [0.25, 0.3) is 0 Å². The van der Waals surface area contributed by atoms with Crippen molar-refractivity contribution in [3.8, 4) is 0 Å². The molecule has 1 fully saturated rings. The van der Waals surface area contributed by atoms with Crippen LogP contribution in [0, 0.1) is 11.7 Å². The summed E-state index contributed by atoms with van der Waals surface area (Å²) in [5.74, 6) is 0.639. The van der Waals surface area contributed by atoms with Crippen LogP contribution in [-0.2, 0) is 6.54 Å². The third-order valence-corrected chi connectivity index (χ3v) is 3.55. The van der Waals surface area contributed by atoms with E-state index in [0.29, 0.717) is 6.04 Å². The number of piperidine rings is 1. The van der Waals surface area contributed by atoms with Crippen LogP contribution in [0.1, 0.15) is 32.3 Å². The van der Waals surface area contributed by atoms with E-state index in [2.05, 4.69) is 18.7 Å². The van der Waals surface area contributed by atoms with Gasteiger partial charge in [0.25, 0.3) is 0 Å². The molecule has 1 aromatic carbocycles. The Hall–Kier alpha value is -0.890. The molecule has 1 aliphatic heterocycles. The number of hydrogen-bond donors (Lipinski definition) is 0. The van der Waals surface area contributed by atoms with Crippen molar-refractivity contribution >= 4 is 0 Å². The molecule has 0 spiro atoms. The molecule has 2 heteroatoms. The highest BCUT2D eigenvalue weighted by molar-refractivity contribution is 5.16. The molecule has 1 heterocycles. The van der Waals surface area contributed by atoms with E-state index in [-0.39, 0.29) is 5.82 Å². The van der Waals surface area contributed by atoms with Gasteiger partial charge in [0.05, 0.1) is 0 Å². The first-order chi connectivity index (χ1) is 7.65. The standard InChI is InChI=1S/C14H20FN/c1-11-3-4-12(2)16(9-11)10-13-5-7-14(15)8-6-13/h5-8,11-12H,3-4,9-10H2,1-2H3/t11-,12-/m0/s1. The molecule has 1 aromatic rings. The molecule has 0 N–H and O–H groups in total. The minimum absolute atomic E-state index is 0.149. The number of rotatable bonds is 2. The van der Waals surface area contributed by atoms with Crippen molar-refractivity contribution in [2.45, 2.75) is 39.3 Å². The first-order valence-electron chi connectivity index (χ1n) is 6.13. The maximum Gasteiger partial charge on any atom is 0.123 e. The highest BCUT2D eigenvalue weighted by Gasteiger charge is 2.22. The van der Waals surface area contributed by atoms with Crippen molar-refractivity contribution in [1.29, 1.82) is 0 Å². The van der Waals surface area contributed by atoms with Gasteiger partial charge in [-0.2, -0.15) is 0 Å². The summed E-state index contributed by atoms with van der Waals surface area (Å²) in [6, 6.07) is 7.53. The van der Waals surface area contributed by atoms with Crippen molar-refractivity contribution < 1.29 is 4.39 Å². The summed E-state index contributed by atoms with van der Waals surface area (Å²) in [6.07, 6.45) is 2.61. The molecule has 2 rings (SSSR count). The molecule has 0 radical (unpaired) electrons. The summed E-state index contributed by atoms with van der Waals surface area (Å²) in [7, 11) is 0. The van der Waals surface area contributed by atoms with Crippen LogP contribution in [0.15, 0.2) is 24.3 Å². The monoisotopic (exact) mass is 221 g/mol. The van der Waals surface area contributed by atoms with Gasteiger partial charge in [0, 0.05) is 19.1 Å². The van der Waals surface area contributed by atoms with Crippen LogP contribution in [0.2, 0.25) is 0 Å². The molecule has 1 aliphatic rings. The number of benzene rings is 1. The third kappa shape index (κ3) is 2.82. The average Bonchev–Trinajstić information content (AvgIpc) is 2.27. The van der Waals surface area contributed by atoms with E-state index in [0.717, 1.165) is 12.5 Å². The summed E-state index contributed by atoms with van der Waals surface area (Å²) < 4.78 is 12.8. The lowest BCUT2D eigenvalue weighted by atomic mass is 9.94. The smallest absolute Gasteiger partial charge is 0.123 e. The third-order valence-electron chi connectivity index (χ3n) is 3.55. The molecular formula is C14H20FN. The maximum absolute atomic E-state index is 12.8. The van der Waals surface area contributed by atoms with Gasteiger partial charge in [-0.1, -0.05) is 19.1 Å². The van der Waals surface area contributed by atoms with E-state index in [1.54, 1.807) is 12.1 Å². The summed E-state index contributed by atoms with van der Waals surface area (Å²) in [4.78, 5) is 2.50. The molecule has 0 unspecified atom stereocenters. The van der Waals surface area contributed by atoms with E-state index >= 15 is 0 Å². The first kappa shape index (κ1) is 11.6. The lowest BCUT2D eigenvalue weighted by molar-refractivity contribution is 0.117. The Morgan fingerprint density at radius 1 is 1.19 bits per heavy atom. The number of nitrogens with zero attached hydrogens (tertiary/aromatic N) is 1. The van der Waals surface area contributed by atoms with Gasteiger partial charge in [0.15, 0.2) is 0 Å². The van der Waals surface area contributed by atoms with E-state index in [9.17, 15) is 4.39 Å². The Balaban J connectivity index is 2.00. The second kappa shape index (κ2) is 4.96. The van der Waals surface area contributed by atoms with Gasteiger partial charge >= 0.3 is 0 Å². The van der Waals surface area contributed by atoms with Gasteiger partial charge in [-0.15, -0.1) is 0 Å². The molecule has 2 atom stereocenters. The van der Waals surface area contributed by atoms with Crippen LogP contribution < -0.4 is 0 Å². The first-order valence-corrected chi connectivity index (χ1v) is 6.13. The molecule has 0 saturated carbocycles. The zero-order valence-electron chi connectivity index (χ0n) is 10.1. The maximum atomic E-state index is 12.8. The summed E-state index contributed by atoms with van der Waals surface area (Å²) in [5, 5.41) is 0. The molecule has 88 valence electrons. The largest absolute Gasteiger partial charge is 0.296 e. The Morgan fingerprint density at radius 3 is 2.56 bits per heavy atom. The van der Waals surface area contributed by atoms with Crippen LogP contribution in [0.3, 0.4) is 0 Å². The second-order valence-electron chi connectivity index (χ2n) is 5.09. The highest BCUT2D eigenvalue weighted by Crippen LogP contribution is 2.23. The summed E-state index contributed by atoms with van der Waals surface area (Å²) in [5.41, 5.74) is 1.21. The van der Waals surface area contributed by atoms with E-state index in [4.69, 9.17) is 0 Å². The molecule has 1 nitrogen and oxygen atoms in total. The minimum Gasteiger partial charge on any atom is -0.296 e. The van der Waals surface area contributed by atoms with Gasteiger partial charge in [-0.3, -0.25) is 4.90 Å². The minimum atomic E-state index is -0.149. The van der Waals surface area contributed by atoms with Crippen molar-refractivity contribution in [2.24, 2.45) is 5.92 Å². The van der Waals surface area contributed by atoms with Gasteiger partial charge < -0.3 is 0 Å². The average molecular weight is 221 g/mol. The summed E-state index contributed by atoms with van der Waals surface area (Å²) in [6.45, 7) is 6.71. The van der Waals surface area contributed by atoms with Crippen LogP contribution >= 0.6 is 0 Å². The molecule has 0 bridgehead atoms. The number of halogens is 1. The Bertz CT molecular complexity index is 333. The molecule has 1 saturated heterocycles. The normalized spacial score (nSPS) is 26.9. The van der Waals surface area contributed by atoms with Crippen LogP contribution in [0.5, 0.6) is 0 Å². The summed E-state index contributed by atoms with van der Waals surface area (Å²) >= 11 is 0. The predicted molar refractivity (Wildman–Crippen MR) is 64.7 cm³/mol. The van der Waals surface area contributed by atoms with E-state index in [1.165, 1.54) is 24.9 Å². The van der Waals surface area contributed by atoms with Gasteiger partial charge in [-0.25, -0.2) is 4.39 Å². The van der Waals surface area contributed by atoms with Gasteiger partial charge in [-0.05, 0) is 43.4 Å². The fourth-order valence-corrected chi connectivity index (χ4v) is 2.42. The SMILES string of the molecule is C[C@H]1CC[C@H](C)N(Cc2ccc(F)cc2)C1. The van der Waals surface area contributed by atoms with Crippen molar-refractivity contribution in [2.75, 3.05) is 6.54 Å². The quantitative estimate of drug-likeness (QED) is 0.739. The van der Waals surface area contributed by atoms with Gasteiger partial charge in [0.1, 0.15) is 5.82 Å². The molecular weight excluding hydrogens is 201 g/mol. The predicted octanol–water partition coefficient (Wildman–Crippen LogP) is 3.45. The lowest BCUT2D eigenvalue weighted by Gasteiger charge is -2.36. The van der Waals surface area contributed by atoms with Crippen molar-refractivity contribution in [3.05, 3.63) is 35.6 Å². The number of likely N-dealkylation sites (tertiary alicyclic amines) is 1. The van der Waals surface area contributed by atoms with Crippen molar-refractivity contribution in [3.63, 3.8) is 0 Å². The fourth-order valence-electron chi connectivity index (χ4n) is 2.42. The molecule has 16 heavy (non-hydrogen) atoms. The topological polar surface area (TPSA) is 3.24 Å². The zero-order chi connectivity index (χ0) is 11.5. The van der Waals surface area contributed by atoms with Crippen LogP contribution in [0.4, 0.5) is 4.39 Å². The van der Waals surface area contributed by atoms with Gasteiger partial charge in [0.2, 0.25) is 0 Å². The Kier molecular flexibility index (Phi) is 3.59. The molecule has 0 aromatic heterocycles. The number of hydrogen-bond acceptors (Lipinski definition) is 1.